The van der Waals surface area contributed by atoms with Crippen molar-refractivity contribution in [1.29, 1.82) is 0 Å². The maximum absolute atomic E-state index is 11.5. The van der Waals surface area contributed by atoms with Crippen LogP contribution in [0.4, 0.5) is 0 Å². The van der Waals surface area contributed by atoms with Crippen LogP contribution in [-0.4, -0.2) is 19.1 Å². The van der Waals surface area contributed by atoms with Crippen LogP contribution in [0.15, 0.2) is 24.3 Å². The molecule has 0 radical (unpaired) electrons. The van der Waals surface area contributed by atoms with E-state index in [-0.39, 0.29) is 5.97 Å². The number of rotatable bonds is 5. The summed E-state index contributed by atoms with van der Waals surface area (Å²) in [6.07, 6.45) is 5.12. The van der Waals surface area contributed by atoms with E-state index in [4.69, 9.17) is 11.2 Å². The third kappa shape index (κ3) is 3.76. The highest BCUT2D eigenvalue weighted by atomic mass is 16.5. The summed E-state index contributed by atoms with van der Waals surface area (Å²) in [4.78, 5) is 11.5. The molecule has 0 bridgehead atoms. The minimum Gasteiger partial charge on any atom is -0.462 e. The van der Waals surface area contributed by atoms with Gasteiger partial charge in [0.1, 0.15) is 0 Å². The van der Waals surface area contributed by atoms with Crippen LogP contribution in [0.25, 0.3) is 0 Å². The van der Waals surface area contributed by atoms with Crippen molar-refractivity contribution in [1.82, 2.24) is 5.32 Å². The molecule has 0 saturated heterocycles. The normalized spacial score (nSPS) is 9.50. The Kier molecular flexibility index (Phi) is 5.10. The van der Waals surface area contributed by atoms with Crippen molar-refractivity contribution in [3.8, 4) is 12.3 Å². The fourth-order valence-corrected chi connectivity index (χ4v) is 1.30. The average Bonchev–Trinajstić information content (AvgIpc) is 2.30. The lowest BCUT2D eigenvalue weighted by Crippen LogP contribution is -2.13. The molecule has 1 aromatic carbocycles. The van der Waals surface area contributed by atoms with Gasteiger partial charge in [0.2, 0.25) is 0 Å². The Morgan fingerprint density at radius 2 is 2.38 bits per heavy atom. The average molecular weight is 217 g/mol. The van der Waals surface area contributed by atoms with E-state index >= 15 is 0 Å². The Labute approximate surface area is 95.8 Å². The van der Waals surface area contributed by atoms with Crippen molar-refractivity contribution in [3.05, 3.63) is 35.4 Å². The Hall–Kier alpha value is -1.79. The van der Waals surface area contributed by atoms with Gasteiger partial charge in [0.05, 0.1) is 18.7 Å². The number of carbonyl (C=O) groups is 1. The number of esters is 1. The number of carbonyl (C=O) groups excluding carboxylic acids is 1. The van der Waals surface area contributed by atoms with Crippen LogP contribution in [0.5, 0.6) is 0 Å². The zero-order valence-electron chi connectivity index (χ0n) is 9.32. The summed E-state index contributed by atoms with van der Waals surface area (Å²) in [6.45, 7) is 3.34. The van der Waals surface area contributed by atoms with Crippen LogP contribution in [-0.2, 0) is 11.3 Å². The lowest BCUT2D eigenvalue weighted by atomic mass is 10.1. The largest absolute Gasteiger partial charge is 0.462 e. The molecule has 84 valence electrons. The van der Waals surface area contributed by atoms with Crippen LogP contribution in [0, 0.1) is 12.3 Å². The van der Waals surface area contributed by atoms with E-state index in [9.17, 15) is 4.79 Å². The zero-order chi connectivity index (χ0) is 11.8. The van der Waals surface area contributed by atoms with Gasteiger partial charge in [0.15, 0.2) is 0 Å². The summed E-state index contributed by atoms with van der Waals surface area (Å²) in [5.41, 5.74) is 1.59. The minimum atomic E-state index is -0.290. The molecule has 1 rings (SSSR count). The van der Waals surface area contributed by atoms with Crippen molar-refractivity contribution in [2.45, 2.75) is 13.5 Å². The molecule has 16 heavy (non-hydrogen) atoms. The molecule has 0 aliphatic rings. The van der Waals surface area contributed by atoms with Crippen molar-refractivity contribution >= 4 is 5.97 Å². The SMILES string of the molecule is C#CCNCc1cccc(C(=O)OCC)c1. The summed E-state index contributed by atoms with van der Waals surface area (Å²) in [7, 11) is 0. The Morgan fingerprint density at radius 3 is 3.06 bits per heavy atom. The minimum absolute atomic E-state index is 0.290. The van der Waals surface area contributed by atoms with Gasteiger partial charge in [-0.05, 0) is 24.6 Å². The second kappa shape index (κ2) is 6.65. The van der Waals surface area contributed by atoms with Gasteiger partial charge in [-0.3, -0.25) is 0 Å². The van der Waals surface area contributed by atoms with Gasteiger partial charge in [-0.2, -0.15) is 0 Å². The van der Waals surface area contributed by atoms with Gasteiger partial charge in [-0.25, -0.2) is 4.79 Å². The van der Waals surface area contributed by atoms with Crippen LogP contribution in [0.2, 0.25) is 0 Å². The van der Waals surface area contributed by atoms with Gasteiger partial charge in [0.25, 0.3) is 0 Å². The number of terminal acetylenes is 1. The number of hydrogen-bond acceptors (Lipinski definition) is 3. The van der Waals surface area contributed by atoms with Gasteiger partial charge in [0, 0.05) is 6.54 Å². The monoisotopic (exact) mass is 217 g/mol. The highest BCUT2D eigenvalue weighted by Gasteiger charge is 2.05. The standard InChI is InChI=1S/C13H15NO2/c1-3-8-14-10-11-6-5-7-12(9-11)13(15)16-4-2/h1,5-7,9,14H,4,8,10H2,2H3. The topological polar surface area (TPSA) is 38.3 Å². The van der Waals surface area contributed by atoms with Gasteiger partial charge < -0.3 is 10.1 Å². The van der Waals surface area contributed by atoms with Crippen molar-refractivity contribution in [3.63, 3.8) is 0 Å². The molecule has 0 atom stereocenters. The predicted octanol–water partition coefficient (Wildman–Crippen LogP) is 1.59. The number of ether oxygens (including phenoxy) is 1. The van der Waals surface area contributed by atoms with Crippen LogP contribution >= 0.6 is 0 Å². The molecule has 0 aliphatic carbocycles. The molecule has 0 amide bonds. The fourth-order valence-electron chi connectivity index (χ4n) is 1.30. The van der Waals surface area contributed by atoms with Crippen molar-refractivity contribution in [2.24, 2.45) is 0 Å². The molecule has 3 nitrogen and oxygen atoms in total. The summed E-state index contributed by atoms with van der Waals surface area (Å²) in [5, 5.41) is 3.06. The third-order valence-corrected chi connectivity index (χ3v) is 1.99. The Bertz CT molecular complexity index is 393. The highest BCUT2D eigenvalue weighted by molar-refractivity contribution is 5.89. The molecule has 1 N–H and O–H groups in total. The van der Waals surface area contributed by atoms with E-state index in [1.54, 1.807) is 13.0 Å². The number of benzene rings is 1. The second-order valence-electron chi connectivity index (χ2n) is 3.23. The molecule has 0 saturated carbocycles. The summed E-state index contributed by atoms with van der Waals surface area (Å²) in [6, 6.07) is 7.32. The van der Waals surface area contributed by atoms with Crippen molar-refractivity contribution < 1.29 is 9.53 Å². The maximum Gasteiger partial charge on any atom is 0.338 e. The number of hydrogen-bond donors (Lipinski definition) is 1. The van der Waals surface area contributed by atoms with Crippen LogP contribution < -0.4 is 5.32 Å². The van der Waals surface area contributed by atoms with Crippen molar-refractivity contribution in [2.75, 3.05) is 13.2 Å². The molecule has 0 heterocycles. The maximum atomic E-state index is 11.5. The number of nitrogens with one attached hydrogen (secondary N) is 1. The first-order valence-corrected chi connectivity index (χ1v) is 5.18. The Morgan fingerprint density at radius 1 is 1.56 bits per heavy atom. The van der Waals surface area contributed by atoms with Gasteiger partial charge in [-0.15, -0.1) is 6.42 Å². The summed E-state index contributed by atoms with van der Waals surface area (Å²) < 4.78 is 4.92. The van der Waals surface area contributed by atoms with Gasteiger partial charge >= 0.3 is 5.97 Å². The van der Waals surface area contributed by atoms with E-state index < -0.39 is 0 Å². The van der Waals surface area contributed by atoms with Crippen LogP contribution in [0.3, 0.4) is 0 Å². The first-order chi connectivity index (χ1) is 7.77. The fraction of sp³-hybridized carbons (Fsp3) is 0.308. The lowest BCUT2D eigenvalue weighted by Gasteiger charge is -2.05. The predicted molar refractivity (Wildman–Crippen MR) is 62.9 cm³/mol. The Balaban J connectivity index is 2.64. The molecule has 0 aliphatic heterocycles. The first-order valence-electron chi connectivity index (χ1n) is 5.18. The van der Waals surface area contributed by atoms with E-state index in [1.165, 1.54) is 0 Å². The molecule has 0 fully saturated rings. The highest BCUT2D eigenvalue weighted by Crippen LogP contribution is 2.06. The molecular formula is C13H15NO2. The van der Waals surface area contributed by atoms with Gasteiger partial charge in [-0.1, -0.05) is 18.1 Å². The molecule has 0 unspecified atom stereocenters. The zero-order valence-corrected chi connectivity index (χ0v) is 9.32. The molecule has 1 aromatic rings. The molecule has 0 aromatic heterocycles. The quantitative estimate of drug-likeness (QED) is 0.462. The lowest BCUT2D eigenvalue weighted by molar-refractivity contribution is 0.0526. The van der Waals surface area contributed by atoms with E-state index in [2.05, 4.69) is 11.2 Å². The third-order valence-electron chi connectivity index (χ3n) is 1.99. The first kappa shape index (κ1) is 12.3. The molecular weight excluding hydrogens is 202 g/mol. The summed E-state index contributed by atoms with van der Waals surface area (Å²) in [5.74, 6) is 2.20. The second-order valence-corrected chi connectivity index (χ2v) is 3.23. The molecule has 0 spiro atoms. The van der Waals surface area contributed by atoms with E-state index in [0.717, 1.165) is 5.56 Å². The summed E-state index contributed by atoms with van der Waals surface area (Å²) >= 11 is 0. The van der Waals surface area contributed by atoms with Crippen LogP contribution in [0.1, 0.15) is 22.8 Å². The smallest absolute Gasteiger partial charge is 0.338 e. The molecule has 3 heteroatoms. The van der Waals surface area contributed by atoms with E-state index in [1.807, 2.05) is 18.2 Å². The van der Waals surface area contributed by atoms with E-state index in [0.29, 0.717) is 25.3 Å².